The molecule has 0 heterocycles. The van der Waals surface area contributed by atoms with Crippen molar-refractivity contribution in [3.05, 3.63) is 59.2 Å². The smallest absolute Gasteiger partial charge is 0.261 e. The molecule has 0 saturated heterocycles. The number of anilines is 1. The van der Waals surface area contributed by atoms with E-state index in [9.17, 15) is 4.79 Å². The van der Waals surface area contributed by atoms with Crippen molar-refractivity contribution in [2.24, 2.45) is 0 Å². The molecule has 1 N–H and O–H groups in total. The molecule has 0 radical (unpaired) electrons. The molecule has 0 aliphatic heterocycles. The Bertz CT molecular complexity index is 708. The number of hydrogen-bond donors (Lipinski definition) is 1. The Labute approximate surface area is 150 Å². The Hall–Kier alpha value is -2.49. The van der Waals surface area contributed by atoms with Gasteiger partial charge in [-0.05, 0) is 49.6 Å². The minimum Gasteiger partial charge on any atom is -0.480 e. The summed E-state index contributed by atoms with van der Waals surface area (Å²) in [6.45, 7) is 6.50. The quantitative estimate of drug-likeness (QED) is 0.832. The van der Waals surface area contributed by atoms with Crippen LogP contribution in [0.15, 0.2) is 42.5 Å². The van der Waals surface area contributed by atoms with E-state index in [1.165, 1.54) is 5.56 Å². The van der Waals surface area contributed by atoms with E-state index in [1.54, 1.807) is 0 Å². The third-order valence-electron chi connectivity index (χ3n) is 4.18. The summed E-state index contributed by atoms with van der Waals surface area (Å²) in [4.78, 5) is 14.5. The predicted molar refractivity (Wildman–Crippen MR) is 103 cm³/mol. The first kappa shape index (κ1) is 18.8. The number of hydrogen-bond acceptors (Lipinski definition) is 3. The van der Waals surface area contributed by atoms with Gasteiger partial charge in [-0.25, -0.2) is 0 Å². The zero-order valence-electron chi connectivity index (χ0n) is 15.8. The molecular weight excluding hydrogens is 312 g/mol. The molecular formula is C21H28N2O2. The molecule has 0 aliphatic rings. The van der Waals surface area contributed by atoms with Crippen LogP contribution in [-0.2, 0) is 11.3 Å². The van der Waals surface area contributed by atoms with Crippen LogP contribution in [0.5, 0.6) is 5.75 Å². The number of ether oxygens (including phenoxy) is 1. The van der Waals surface area contributed by atoms with Gasteiger partial charge in [0, 0.05) is 26.3 Å². The van der Waals surface area contributed by atoms with Crippen molar-refractivity contribution in [3.63, 3.8) is 0 Å². The molecule has 2 rings (SSSR count). The first-order chi connectivity index (χ1) is 11.9. The van der Waals surface area contributed by atoms with E-state index in [4.69, 9.17) is 4.74 Å². The summed E-state index contributed by atoms with van der Waals surface area (Å²) < 4.78 is 5.93. The topological polar surface area (TPSA) is 41.6 Å². The van der Waals surface area contributed by atoms with E-state index in [2.05, 4.69) is 11.4 Å². The highest BCUT2D eigenvalue weighted by atomic mass is 16.5. The van der Waals surface area contributed by atoms with Crippen molar-refractivity contribution in [1.29, 1.82) is 0 Å². The van der Waals surface area contributed by atoms with Crippen LogP contribution in [0, 0.1) is 13.8 Å². The summed E-state index contributed by atoms with van der Waals surface area (Å²) in [6, 6.07) is 14.1. The Morgan fingerprint density at radius 1 is 1.12 bits per heavy atom. The molecule has 0 fully saturated rings. The van der Waals surface area contributed by atoms with Gasteiger partial charge >= 0.3 is 0 Å². The molecule has 4 nitrogen and oxygen atoms in total. The van der Waals surface area contributed by atoms with Crippen molar-refractivity contribution < 1.29 is 9.53 Å². The summed E-state index contributed by atoms with van der Waals surface area (Å²) in [5.74, 6) is 0.682. The van der Waals surface area contributed by atoms with Gasteiger partial charge in [0.15, 0.2) is 6.10 Å². The van der Waals surface area contributed by atoms with Crippen LogP contribution < -0.4 is 15.0 Å². The molecule has 0 aliphatic carbocycles. The molecule has 0 saturated carbocycles. The number of benzene rings is 2. The van der Waals surface area contributed by atoms with Crippen LogP contribution in [0.3, 0.4) is 0 Å². The monoisotopic (exact) mass is 340 g/mol. The lowest BCUT2D eigenvalue weighted by Gasteiger charge is -2.19. The van der Waals surface area contributed by atoms with E-state index in [0.29, 0.717) is 13.0 Å². The lowest BCUT2D eigenvalue weighted by Crippen LogP contribution is -2.37. The zero-order chi connectivity index (χ0) is 18.4. The number of amides is 1. The Balaban J connectivity index is 1.95. The molecule has 4 heteroatoms. The summed E-state index contributed by atoms with van der Waals surface area (Å²) >= 11 is 0. The van der Waals surface area contributed by atoms with E-state index in [1.807, 2.05) is 76.2 Å². The first-order valence-electron chi connectivity index (χ1n) is 8.68. The maximum Gasteiger partial charge on any atom is 0.261 e. The summed E-state index contributed by atoms with van der Waals surface area (Å²) in [5, 5.41) is 2.97. The van der Waals surface area contributed by atoms with E-state index >= 15 is 0 Å². The number of aryl methyl sites for hydroxylation is 2. The van der Waals surface area contributed by atoms with Crippen molar-refractivity contribution >= 4 is 11.6 Å². The summed E-state index contributed by atoms with van der Waals surface area (Å²) in [7, 11) is 4.01. The van der Waals surface area contributed by atoms with Gasteiger partial charge in [-0.15, -0.1) is 0 Å². The molecule has 25 heavy (non-hydrogen) atoms. The third-order valence-corrected chi connectivity index (χ3v) is 4.18. The molecule has 1 unspecified atom stereocenters. The summed E-state index contributed by atoms with van der Waals surface area (Å²) in [5.41, 5.74) is 4.44. The Kier molecular flexibility index (Phi) is 6.45. The zero-order valence-corrected chi connectivity index (χ0v) is 15.8. The minimum atomic E-state index is -0.484. The highest BCUT2D eigenvalue weighted by Gasteiger charge is 2.18. The van der Waals surface area contributed by atoms with Crippen molar-refractivity contribution in [3.8, 4) is 5.75 Å². The molecule has 0 aromatic heterocycles. The second kappa shape index (κ2) is 8.56. The standard InChI is InChI=1S/C21H28N2O2/c1-6-19(25-20-12-7-15(2)13-16(20)3)21(24)22-14-17-8-10-18(11-9-17)23(4)5/h7-13,19H,6,14H2,1-5H3,(H,22,24). The van der Waals surface area contributed by atoms with Crippen LogP contribution >= 0.6 is 0 Å². The first-order valence-corrected chi connectivity index (χ1v) is 8.68. The number of nitrogens with zero attached hydrogens (tertiary/aromatic N) is 1. The predicted octanol–water partition coefficient (Wildman–Crippen LogP) is 3.84. The average molecular weight is 340 g/mol. The van der Waals surface area contributed by atoms with E-state index in [-0.39, 0.29) is 5.91 Å². The maximum atomic E-state index is 12.5. The van der Waals surface area contributed by atoms with Crippen LogP contribution in [0.25, 0.3) is 0 Å². The Morgan fingerprint density at radius 3 is 2.36 bits per heavy atom. The highest BCUT2D eigenvalue weighted by Crippen LogP contribution is 2.21. The van der Waals surface area contributed by atoms with Crippen LogP contribution in [-0.4, -0.2) is 26.1 Å². The average Bonchev–Trinajstić information content (AvgIpc) is 2.59. The largest absolute Gasteiger partial charge is 0.480 e. The molecule has 2 aromatic carbocycles. The molecule has 1 amide bonds. The van der Waals surface area contributed by atoms with Crippen molar-refractivity contribution in [2.45, 2.75) is 39.8 Å². The molecule has 1 atom stereocenters. The number of carbonyl (C=O) groups excluding carboxylic acids is 1. The third kappa shape index (κ3) is 5.24. The SMILES string of the molecule is CCC(Oc1ccc(C)cc1C)C(=O)NCc1ccc(N(C)C)cc1. The molecule has 2 aromatic rings. The number of rotatable bonds is 7. The van der Waals surface area contributed by atoms with Gasteiger partial charge in [-0.3, -0.25) is 4.79 Å². The van der Waals surface area contributed by atoms with E-state index < -0.39 is 6.10 Å². The van der Waals surface area contributed by atoms with Gasteiger partial charge in [0.2, 0.25) is 0 Å². The molecule has 0 spiro atoms. The Morgan fingerprint density at radius 2 is 1.80 bits per heavy atom. The lowest BCUT2D eigenvalue weighted by molar-refractivity contribution is -0.128. The van der Waals surface area contributed by atoms with Crippen LogP contribution in [0.4, 0.5) is 5.69 Å². The van der Waals surface area contributed by atoms with Gasteiger partial charge in [-0.2, -0.15) is 0 Å². The highest BCUT2D eigenvalue weighted by molar-refractivity contribution is 5.81. The van der Waals surface area contributed by atoms with Gasteiger partial charge in [0.1, 0.15) is 5.75 Å². The fraction of sp³-hybridized carbons (Fsp3) is 0.381. The normalized spacial score (nSPS) is 11.7. The van der Waals surface area contributed by atoms with Crippen molar-refractivity contribution in [2.75, 3.05) is 19.0 Å². The number of carbonyl (C=O) groups is 1. The molecule has 0 bridgehead atoms. The fourth-order valence-electron chi connectivity index (χ4n) is 2.62. The maximum absolute atomic E-state index is 12.5. The fourth-order valence-corrected chi connectivity index (χ4v) is 2.62. The van der Waals surface area contributed by atoms with Gasteiger partial charge in [-0.1, -0.05) is 36.8 Å². The minimum absolute atomic E-state index is 0.0841. The number of nitrogens with one attached hydrogen (secondary N) is 1. The van der Waals surface area contributed by atoms with Crippen LogP contribution in [0.2, 0.25) is 0 Å². The second-order valence-electron chi connectivity index (χ2n) is 6.56. The van der Waals surface area contributed by atoms with Crippen LogP contribution in [0.1, 0.15) is 30.0 Å². The van der Waals surface area contributed by atoms with Gasteiger partial charge in [0.25, 0.3) is 5.91 Å². The van der Waals surface area contributed by atoms with Gasteiger partial charge in [0.05, 0.1) is 0 Å². The second-order valence-corrected chi connectivity index (χ2v) is 6.56. The van der Waals surface area contributed by atoms with E-state index in [0.717, 1.165) is 22.6 Å². The molecule has 134 valence electrons. The summed E-state index contributed by atoms with van der Waals surface area (Å²) in [6.07, 6.45) is 0.140. The lowest BCUT2D eigenvalue weighted by atomic mass is 10.1. The van der Waals surface area contributed by atoms with Gasteiger partial charge < -0.3 is 15.0 Å². The van der Waals surface area contributed by atoms with Crippen molar-refractivity contribution in [1.82, 2.24) is 5.32 Å².